The summed E-state index contributed by atoms with van der Waals surface area (Å²) in [6.07, 6.45) is 1.66. The Morgan fingerprint density at radius 2 is 2.19 bits per heavy atom. The molecule has 1 aromatic carbocycles. The van der Waals surface area contributed by atoms with E-state index in [9.17, 15) is 9.59 Å². The summed E-state index contributed by atoms with van der Waals surface area (Å²) in [5.41, 5.74) is 0.977. The Balaban J connectivity index is 2.08. The van der Waals surface area contributed by atoms with E-state index in [1.165, 1.54) is 0 Å². The van der Waals surface area contributed by atoms with Crippen molar-refractivity contribution in [3.63, 3.8) is 0 Å². The van der Waals surface area contributed by atoms with E-state index in [2.05, 4.69) is 9.97 Å². The Bertz CT molecular complexity index is 1090. The molecule has 0 radical (unpaired) electrons. The second-order valence-corrected chi connectivity index (χ2v) is 7.26. The number of aryl methyl sites for hydroxylation is 1. The molecule has 0 atom stereocenters. The zero-order valence-electron chi connectivity index (χ0n) is 13.9. The number of benzene rings is 1. The number of H-pyrrole nitrogens is 1. The van der Waals surface area contributed by atoms with E-state index in [1.807, 2.05) is 6.07 Å². The lowest BCUT2D eigenvalue weighted by molar-refractivity contribution is 0.0531. The predicted octanol–water partition coefficient (Wildman–Crippen LogP) is 4.86. The standard InChI is InChI=1S/C18H14Cl2N2O3S/c1-3-25-18(24)14-9(2)13-16(23)21-15(22-17(13)26-14)12(20)8-10-5-4-6-11(19)7-10/h4-8H,3H2,1-2H3,(H,21,22,23)/b12-8-. The number of rotatable bonds is 4. The van der Waals surface area contributed by atoms with Gasteiger partial charge in [-0.2, -0.15) is 0 Å². The van der Waals surface area contributed by atoms with Crippen LogP contribution in [0, 0.1) is 6.92 Å². The maximum absolute atomic E-state index is 12.5. The molecule has 0 unspecified atom stereocenters. The maximum Gasteiger partial charge on any atom is 0.348 e. The van der Waals surface area contributed by atoms with Crippen LogP contribution in [0.3, 0.4) is 0 Å². The molecular formula is C18H14Cl2N2O3S. The van der Waals surface area contributed by atoms with E-state index >= 15 is 0 Å². The molecule has 3 rings (SSSR count). The zero-order valence-corrected chi connectivity index (χ0v) is 16.3. The summed E-state index contributed by atoms with van der Waals surface area (Å²) in [4.78, 5) is 32.4. The third-order valence-electron chi connectivity index (χ3n) is 3.63. The molecule has 3 aromatic rings. The number of carbonyl (C=O) groups excluding carboxylic acids is 1. The molecule has 134 valence electrons. The van der Waals surface area contributed by atoms with E-state index in [1.54, 1.807) is 38.1 Å². The second kappa shape index (κ2) is 7.61. The Morgan fingerprint density at radius 1 is 1.42 bits per heavy atom. The highest BCUT2D eigenvalue weighted by Gasteiger charge is 2.20. The molecule has 0 aliphatic carbocycles. The van der Waals surface area contributed by atoms with Crippen molar-refractivity contribution in [3.8, 4) is 0 Å². The number of aromatic amines is 1. The van der Waals surface area contributed by atoms with Crippen molar-refractivity contribution in [1.82, 2.24) is 9.97 Å². The average Bonchev–Trinajstić information content (AvgIpc) is 2.92. The number of nitrogens with zero attached hydrogens (tertiary/aromatic N) is 1. The fourth-order valence-corrected chi connectivity index (χ4v) is 3.95. The summed E-state index contributed by atoms with van der Waals surface area (Å²) >= 11 is 13.4. The lowest BCUT2D eigenvalue weighted by Crippen LogP contribution is -2.10. The molecule has 0 fully saturated rings. The van der Waals surface area contributed by atoms with Crippen LogP contribution in [-0.2, 0) is 4.74 Å². The van der Waals surface area contributed by atoms with E-state index in [0.717, 1.165) is 16.9 Å². The normalized spacial score (nSPS) is 11.8. The fraction of sp³-hybridized carbons (Fsp3) is 0.167. The lowest BCUT2D eigenvalue weighted by atomic mass is 10.2. The summed E-state index contributed by atoms with van der Waals surface area (Å²) in [5.74, 6) is -0.240. The highest BCUT2D eigenvalue weighted by atomic mass is 35.5. The third-order valence-corrected chi connectivity index (χ3v) is 5.32. The number of halogens is 2. The number of hydrogen-bond donors (Lipinski definition) is 1. The van der Waals surface area contributed by atoms with Crippen molar-refractivity contribution in [2.45, 2.75) is 13.8 Å². The molecular weight excluding hydrogens is 395 g/mol. The molecule has 5 nitrogen and oxygen atoms in total. The molecule has 1 N–H and O–H groups in total. The zero-order chi connectivity index (χ0) is 18.8. The second-order valence-electron chi connectivity index (χ2n) is 5.42. The molecule has 0 aliphatic rings. The largest absolute Gasteiger partial charge is 0.462 e. The summed E-state index contributed by atoms with van der Waals surface area (Å²) in [5, 5.41) is 1.21. The van der Waals surface area contributed by atoms with E-state index in [-0.39, 0.29) is 23.0 Å². The highest BCUT2D eigenvalue weighted by molar-refractivity contribution is 7.20. The van der Waals surface area contributed by atoms with E-state index in [4.69, 9.17) is 27.9 Å². The number of thiophene rings is 1. The van der Waals surface area contributed by atoms with Crippen molar-refractivity contribution >= 4 is 61.8 Å². The van der Waals surface area contributed by atoms with Crippen LogP contribution >= 0.6 is 34.5 Å². The van der Waals surface area contributed by atoms with Crippen LogP contribution in [0.5, 0.6) is 0 Å². The Morgan fingerprint density at radius 3 is 2.88 bits per heavy atom. The molecule has 0 saturated carbocycles. The van der Waals surface area contributed by atoms with Gasteiger partial charge in [0, 0.05) is 5.02 Å². The number of aromatic nitrogens is 2. The van der Waals surface area contributed by atoms with Gasteiger partial charge >= 0.3 is 5.97 Å². The number of ether oxygens (including phenoxy) is 1. The van der Waals surface area contributed by atoms with Gasteiger partial charge in [0.05, 0.1) is 17.0 Å². The number of fused-ring (bicyclic) bond motifs is 1. The van der Waals surface area contributed by atoms with Gasteiger partial charge in [-0.1, -0.05) is 35.3 Å². The third kappa shape index (κ3) is 3.67. The first-order valence-electron chi connectivity index (χ1n) is 7.74. The van der Waals surface area contributed by atoms with Gasteiger partial charge < -0.3 is 9.72 Å². The monoisotopic (exact) mass is 408 g/mol. The lowest BCUT2D eigenvalue weighted by Gasteiger charge is -2.01. The van der Waals surface area contributed by atoms with Crippen LogP contribution in [0.1, 0.15) is 33.5 Å². The maximum atomic E-state index is 12.5. The van der Waals surface area contributed by atoms with Gasteiger partial charge in [-0.25, -0.2) is 9.78 Å². The summed E-state index contributed by atoms with van der Waals surface area (Å²) < 4.78 is 5.03. The van der Waals surface area contributed by atoms with Crippen molar-refractivity contribution < 1.29 is 9.53 Å². The molecule has 26 heavy (non-hydrogen) atoms. The van der Waals surface area contributed by atoms with Crippen LogP contribution in [0.4, 0.5) is 0 Å². The van der Waals surface area contributed by atoms with Gasteiger partial charge in [0.2, 0.25) is 0 Å². The molecule has 0 aliphatic heterocycles. The fourth-order valence-electron chi connectivity index (χ4n) is 2.46. The molecule has 0 spiro atoms. The minimum absolute atomic E-state index is 0.223. The minimum Gasteiger partial charge on any atom is -0.462 e. The van der Waals surface area contributed by atoms with Gasteiger partial charge in [0.15, 0.2) is 5.82 Å². The van der Waals surface area contributed by atoms with Gasteiger partial charge in [-0.05, 0) is 43.2 Å². The van der Waals surface area contributed by atoms with Gasteiger partial charge in [0.25, 0.3) is 5.56 Å². The average molecular weight is 409 g/mol. The summed E-state index contributed by atoms with van der Waals surface area (Å²) in [6.45, 7) is 3.69. The number of nitrogens with one attached hydrogen (secondary N) is 1. The SMILES string of the molecule is CCOC(=O)c1sc2nc(/C(Cl)=C/c3cccc(Cl)c3)[nH]c(=O)c2c1C. The number of carbonyl (C=O) groups is 1. The first kappa shape index (κ1) is 18.6. The molecule has 2 heterocycles. The highest BCUT2D eigenvalue weighted by Crippen LogP contribution is 2.29. The van der Waals surface area contributed by atoms with Crippen LogP contribution < -0.4 is 5.56 Å². The van der Waals surface area contributed by atoms with Gasteiger partial charge in [-0.3, -0.25) is 4.79 Å². The van der Waals surface area contributed by atoms with E-state index < -0.39 is 5.97 Å². The molecule has 2 aromatic heterocycles. The molecule has 8 heteroatoms. The predicted molar refractivity (Wildman–Crippen MR) is 106 cm³/mol. The van der Waals surface area contributed by atoms with Gasteiger partial charge in [0.1, 0.15) is 9.71 Å². The number of hydrogen-bond acceptors (Lipinski definition) is 5. The number of esters is 1. The van der Waals surface area contributed by atoms with E-state index in [0.29, 0.717) is 25.7 Å². The van der Waals surface area contributed by atoms with Crippen LogP contribution in [0.25, 0.3) is 21.3 Å². The van der Waals surface area contributed by atoms with Crippen LogP contribution in [0.2, 0.25) is 5.02 Å². The smallest absolute Gasteiger partial charge is 0.348 e. The molecule has 0 saturated heterocycles. The minimum atomic E-state index is -0.463. The first-order valence-corrected chi connectivity index (χ1v) is 9.31. The Labute approximate surface area is 163 Å². The van der Waals surface area contributed by atoms with Crippen molar-refractivity contribution in [2.75, 3.05) is 6.61 Å². The molecule has 0 bridgehead atoms. The van der Waals surface area contributed by atoms with Crippen LogP contribution in [0.15, 0.2) is 29.1 Å². The topological polar surface area (TPSA) is 72.0 Å². The van der Waals surface area contributed by atoms with Crippen molar-refractivity contribution in [2.24, 2.45) is 0 Å². The Kier molecular flexibility index (Phi) is 5.46. The molecule has 0 amide bonds. The van der Waals surface area contributed by atoms with Crippen molar-refractivity contribution in [3.05, 3.63) is 61.5 Å². The van der Waals surface area contributed by atoms with Gasteiger partial charge in [-0.15, -0.1) is 11.3 Å². The van der Waals surface area contributed by atoms with Crippen molar-refractivity contribution in [1.29, 1.82) is 0 Å². The quantitative estimate of drug-likeness (QED) is 0.625. The summed E-state index contributed by atoms with van der Waals surface area (Å²) in [6, 6.07) is 7.13. The first-order chi connectivity index (χ1) is 12.4. The summed E-state index contributed by atoms with van der Waals surface area (Å²) in [7, 11) is 0. The Hall–Kier alpha value is -2.15. The van der Waals surface area contributed by atoms with Crippen LogP contribution in [-0.4, -0.2) is 22.5 Å².